The monoisotopic (exact) mass is 274 g/mol. The maximum Gasteiger partial charge on any atom is 0.328 e. The van der Waals surface area contributed by atoms with Gasteiger partial charge in [-0.25, -0.2) is 4.79 Å². The number of hydrogen-bond donors (Lipinski definition) is 2. The maximum absolute atomic E-state index is 12.1. The molecule has 0 aromatic heterocycles. The third kappa shape index (κ3) is 2.43. The van der Waals surface area contributed by atoms with Gasteiger partial charge in [-0.1, -0.05) is 44.2 Å². The summed E-state index contributed by atoms with van der Waals surface area (Å²) in [5.74, 6) is -0.964. The average Bonchev–Trinajstić information content (AvgIpc) is 2.43. The fourth-order valence-electron chi connectivity index (χ4n) is 2.65. The van der Waals surface area contributed by atoms with Gasteiger partial charge in [-0.15, -0.1) is 0 Å². The molecule has 0 radical (unpaired) electrons. The predicted octanol–water partition coefficient (Wildman–Crippen LogP) is 1.94. The molecule has 1 aliphatic rings. The summed E-state index contributed by atoms with van der Waals surface area (Å²) < 4.78 is 0. The Bertz CT molecular complexity index is 519. The number of carbonyl (C=O) groups is 3. The van der Waals surface area contributed by atoms with Gasteiger partial charge in [0.15, 0.2) is 0 Å². The van der Waals surface area contributed by atoms with Crippen molar-refractivity contribution in [3.63, 3.8) is 0 Å². The smallest absolute Gasteiger partial charge is 0.277 e. The van der Waals surface area contributed by atoms with Crippen LogP contribution in [0.5, 0.6) is 0 Å². The van der Waals surface area contributed by atoms with Crippen LogP contribution in [0, 0.1) is 5.41 Å². The zero-order valence-electron chi connectivity index (χ0n) is 11.6. The van der Waals surface area contributed by atoms with Crippen molar-refractivity contribution >= 4 is 17.8 Å². The molecular formula is C15H18N2O3. The summed E-state index contributed by atoms with van der Waals surface area (Å²) in [6.45, 7) is 3.76. The van der Waals surface area contributed by atoms with Crippen molar-refractivity contribution in [1.29, 1.82) is 0 Å². The van der Waals surface area contributed by atoms with Crippen LogP contribution in [0.25, 0.3) is 0 Å². The number of barbiturate groups is 1. The van der Waals surface area contributed by atoms with Crippen LogP contribution >= 0.6 is 0 Å². The van der Waals surface area contributed by atoms with E-state index in [9.17, 15) is 14.4 Å². The van der Waals surface area contributed by atoms with Crippen molar-refractivity contribution in [3.05, 3.63) is 35.9 Å². The Kier molecular flexibility index (Phi) is 3.88. The number of carbonyl (C=O) groups excluding carboxylic acids is 3. The first-order valence-corrected chi connectivity index (χ1v) is 6.71. The zero-order chi connectivity index (χ0) is 14.8. The van der Waals surface area contributed by atoms with Crippen molar-refractivity contribution in [1.82, 2.24) is 10.6 Å². The van der Waals surface area contributed by atoms with Crippen LogP contribution in [0.2, 0.25) is 0 Å². The Labute approximate surface area is 117 Å². The van der Waals surface area contributed by atoms with E-state index < -0.39 is 23.3 Å². The molecule has 20 heavy (non-hydrogen) atoms. The summed E-state index contributed by atoms with van der Waals surface area (Å²) >= 11 is 0. The number of nitrogens with one attached hydrogen (secondary N) is 2. The van der Waals surface area contributed by atoms with E-state index in [4.69, 9.17) is 0 Å². The number of hydrogen-bond acceptors (Lipinski definition) is 3. The molecule has 5 nitrogen and oxygen atoms in total. The number of benzene rings is 1. The molecule has 1 aliphatic heterocycles. The molecular weight excluding hydrogens is 256 g/mol. The number of rotatable bonds is 4. The summed E-state index contributed by atoms with van der Waals surface area (Å²) in [5, 5.41) is 4.40. The van der Waals surface area contributed by atoms with Crippen molar-refractivity contribution < 1.29 is 14.4 Å². The van der Waals surface area contributed by atoms with Gasteiger partial charge in [-0.05, 0) is 24.3 Å². The topological polar surface area (TPSA) is 75.3 Å². The summed E-state index contributed by atoms with van der Waals surface area (Å²) in [7, 11) is 0. The molecule has 0 spiro atoms. The van der Waals surface area contributed by atoms with Crippen molar-refractivity contribution in [2.45, 2.75) is 32.6 Å². The van der Waals surface area contributed by atoms with E-state index in [0.717, 1.165) is 5.56 Å². The van der Waals surface area contributed by atoms with E-state index in [2.05, 4.69) is 10.6 Å². The highest BCUT2D eigenvalue weighted by atomic mass is 16.2. The van der Waals surface area contributed by atoms with Gasteiger partial charge in [0.25, 0.3) is 0 Å². The largest absolute Gasteiger partial charge is 0.328 e. The molecule has 4 amide bonds. The van der Waals surface area contributed by atoms with Crippen molar-refractivity contribution in [2.24, 2.45) is 5.41 Å². The Morgan fingerprint density at radius 1 is 1.05 bits per heavy atom. The van der Waals surface area contributed by atoms with Crippen LogP contribution in [-0.2, 0) is 9.59 Å². The van der Waals surface area contributed by atoms with Gasteiger partial charge in [0.1, 0.15) is 5.41 Å². The molecule has 0 aliphatic carbocycles. The van der Waals surface area contributed by atoms with E-state index >= 15 is 0 Å². The average molecular weight is 274 g/mol. The SMILES string of the molecule is CCC1(CC(C)c2ccccc2)C(=O)NC(=O)NC1=O. The second-order valence-electron chi connectivity index (χ2n) is 5.19. The van der Waals surface area contributed by atoms with Crippen molar-refractivity contribution in [2.75, 3.05) is 0 Å². The lowest BCUT2D eigenvalue weighted by atomic mass is 9.73. The number of amides is 4. The Morgan fingerprint density at radius 3 is 2.10 bits per heavy atom. The van der Waals surface area contributed by atoms with Gasteiger partial charge in [0.2, 0.25) is 11.8 Å². The quantitative estimate of drug-likeness (QED) is 0.824. The van der Waals surface area contributed by atoms with Gasteiger partial charge in [0, 0.05) is 0 Å². The molecule has 5 heteroatoms. The highest BCUT2D eigenvalue weighted by Gasteiger charge is 2.49. The fraction of sp³-hybridized carbons (Fsp3) is 0.400. The summed E-state index contributed by atoms with van der Waals surface area (Å²) in [6.07, 6.45) is 0.730. The molecule has 1 fully saturated rings. The summed E-state index contributed by atoms with van der Waals surface area (Å²) in [6, 6.07) is 8.97. The van der Waals surface area contributed by atoms with Gasteiger partial charge in [-0.2, -0.15) is 0 Å². The van der Waals surface area contributed by atoms with Crippen molar-refractivity contribution in [3.8, 4) is 0 Å². The summed E-state index contributed by atoms with van der Waals surface area (Å²) in [5.41, 5.74) is -0.110. The number of urea groups is 1. The lowest BCUT2D eigenvalue weighted by Crippen LogP contribution is -2.62. The molecule has 0 bridgehead atoms. The first-order chi connectivity index (χ1) is 9.49. The zero-order valence-corrected chi connectivity index (χ0v) is 11.6. The third-order valence-electron chi connectivity index (χ3n) is 3.95. The van der Waals surface area contributed by atoms with Gasteiger partial charge >= 0.3 is 6.03 Å². The molecule has 106 valence electrons. The Hall–Kier alpha value is -2.17. The summed E-state index contributed by atoms with van der Waals surface area (Å²) in [4.78, 5) is 35.5. The van der Waals surface area contributed by atoms with Gasteiger partial charge in [-0.3, -0.25) is 20.2 Å². The van der Waals surface area contributed by atoms with E-state index in [1.165, 1.54) is 0 Å². The Morgan fingerprint density at radius 2 is 1.60 bits per heavy atom. The second-order valence-corrected chi connectivity index (χ2v) is 5.19. The molecule has 0 saturated carbocycles. The standard InChI is InChI=1S/C15H18N2O3/c1-3-15(12(18)16-14(20)17-13(15)19)9-10(2)11-7-5-4-6-8-11/h4-8,10H,3,9H2,1-2H3,(H2,16,17,18,19,20). The Balaban J connectivity index is 2.25. The lowest BCUT2D eigenvalue weighted by Gasteiger charge is -2.35. The van der Waals surface area contributed by atoms with Gasteiger partial charge < -0.3 is 0 Å². The van der Waals surface area contributed by atoms with Crippen LogP contribution in [0.4, 0.5) is 4.79 Å². The molecule has 1 heterocycles. The van der Waals surface area contributed by atoms with E-state index in [1.54, 1.807) is 6.92 Å². The molecule has 1 atom stereocenters. The first-order valence-electron chi connectivity index (χ1n) is 6.71. The highest BCUT2D eigenvalue weighted by Crippen LogP contribution is 2.36. The number of imide groups is 2. The first kappa shape index (κ1) is 14.2. The third-order valence-corrected chi connectivity index (χ3v) is 3.95. The molecule has 2 rings (SSSR count). The van der Waals surface area contributed by atoms with Crippen LogP contribution in [0.15, 0.2) is 30.3 Å². The molecule has 1 aromatic rings. The second kappa shape index (κ2) is 5.45. The molecule has 1 unspecified atom stereocenters. The fourth-order valence-corrected chi connectivity index (χ4v) is 2.65. The van der Waals surface area contributed by atoms with Crippen LogP contribution in [0.3, 0.4) is 0 Å². The minimum Gasteiger partial charge on any atom is -0.277 e. The van der Waals surface area contributed by atoms with E-state index in [0.29, 0.717) is 12.8 Å². The van der Waals surface area contributed by atoms with Crippen LogP contribution in [0.1, 0.15) is 38.2 Å². The minimum atomic E-state index is -1.18. The van der Waals surface area contributed by atoms with E-state index in [-0.39, 0.29) is 5.92 Å². The molecule has 1 aromatic carbocycles. The molecule has 2 N–H and O–H groups in total. The normalized spacial score (nSPS) is 19.2. The molecule has 1 saturated heterocycles. The minimum absolute atomic E-state index is 0.0425. The van der Waals surface area contributed by atoms with Crippen LogP contribution in [-0.4, -0.2) is 17.8 Å². The van der Waals surface area contributed by atoms with Gasteiger partial charge in [0.05, 0.1) is 0 Å². The predicted molar refractivity (Wildman–Crippen MR) is 73.9 cm³/mol. The maximum atomic E-state index is 12.1. The lowest BCUT2D eigenvalue weighted by molar-refractivity contribution is -0.145. The van der Waals surface area contributed by atoms with E-state index in [1.807, 2.05) is 37.3 Å². The highest BCUT2D eigenvalue weighted by molar-refractivity contribution is 6.19. The van der Waals surface area contributed by atoms with Crippen LogP contribution < -0.4 is 10.6 Å².